The summed E-state index contributed by atoms with van der Waals surface area (Å²) >= 11 is 0. The van der Waals surface area contributed by atoms with Gasteiger partial charge in [-0.1, -0.05) is 25.1 Å². The first-order chi connectivity index (χ1) is 19.6. The Bertz CT molecular complexity index is 1580. The van der Waals surface area contributed by atoms with E-state index in [4.69, 9.17) is 4.74 Å². The smallest absolute Gasteiger partial charge is 0.471 e. The van der Waals surface area contributed by atoms with Crippen molar-refractivity contribution in [3.63, 3.8) is 0 Å². The van der Waals surface area contributed by atoms with Crippen LogP contribution in [-0.2, 0) is 14.6 Å². The van der Waals surface area contributed by atoms with Crippen LogP contribution in [0.5, 0.6) is 5.75 Å². The summed E-state index contributed by atoms with van der Waals surface area (Å²) in [7, 11) is -3.64. The number of alkyl halides is 3. The van der Waals surface area contributed by atoms with E-state index >= 15 is 0 Å². The number of rotatable bonds is 12. The minimum Gasteiger partial charge on any atom is -0.494 e. The molecule has 0 aliphatic rings. The Labute approximate surface area is 236 Å². The Balaban J connectivity index is 1.39. The van der Waals surface area contributed by atoms with Crippen molar-refractivity contribution in [3.05, 3.63) is 79.1 Å². The molecule has 41 heavy (non-hydrogen) atoms. The van der Waals surface area contributed by atoms with Gasteiger partial charge in [-0.3, -0.25) is 4.79 Å². The van der Waals surface area contributed by atoms with Crippen molar-refractivity contribution in [2.75, 3.05) is 25.0 Å². The van der Waals surface area contributed by atoms with Crippen LogP contribution in [0.4, 0.5) is 24.7 Å². The van der Waals surface area contributed by atoms with Crippen molar-refractivity contribution < 1.29 is 31.1 Å². The van der Waals surface area contributed by atoms with E-state index in [0.717, 1.165) is 4.90 Å². The fourth-order valence-electron chi connectivity index (χ4n) is 4.17. The van der Waals surface area contributed by atoms with E-state index in [-0.39, 0.29) is 29.5 Å². The van der Waals surface area contributed by atoms with Gasteiger partial charge in [-0.05, 0) is 73.9 Å². The molecule has 0 radical (unpaired) electrons. The summed E-state index contributed by atoms with van der Waals surface area (Å²) in [4.78, 5) is 21.4. The normalized spacial score (nSPS) is 11.8. The molecule has 1 heterocycles. The van der Waals surface area contributed by atoms with Crippen molar-refractivity contribution >= 4 is 38.2 Å². The van der Waals surface area contributed by atoms with Gasteiger partial charge in [-0.2, -0.15) is 13.2 Å². The van der Waals surface area contributed by atoms with Crippen molar-refractivity contribution in [1.82, 2.24) is 14.9 Å². The second-order valence-corrected chi connectivity index (χ2v) is 11.2. The van der Waals surface area contributed by atoms with Crippen LogP contribution in [-0.4, -0.2) is 55.1 Å². The average molecular weight is 587 g/mol. The number of halogens is 3. The Morgan fingerprint density at radius 2 is 1.63 bits per heavy atom. The zero-order valence-electron chi connectivity index (χ0n) is 22.3. The average Bonchev–Trinajstić information content (AvgIpc) is 2.96. The predicted molar refractivity (Wildman–Crippen MR) is 149 cm³/mol. The van der Waals surface area contributed by atoms with Crippen molar-refractivity contribution in [1.29, 1.82) is 0 Å². The van der Waals surface area contributed by atoms with E-state index in [0.29, 0.717) is 47.4 Å². The van der Waals surface area contributed by atoms with Gasteiger partial charge in [0.05, 0.1) is 21.9 Å². The molecular weight excluding hydrogens is 557 g/mol. The third kappa shape index (κ3) is 7.51. The lowest BCUT2D eigenvalue weighted by Crippen LogP contribution is -2.42. The fraction of sp³-hybridized carbons (Fsp3) is 0.276. The van der Waals surface area contributed by atoms with Crippen LogP contribution in [0.25, 0.3) is 10.9 Å². The lowest BCUT2D eigenvalue weighted by molar-refractivity contribution is -0.185. The van der Waals surface area contributed by atoms with Crippen LogP contribution < -0.4 is 10.1 Å². The zero-order chi connectivity index (χ0) is 29.5. The van der Waals surface area contributed by atoms with Crippen molar-refractivity contribution in [2.24, 2.45) is 0 Å². The van der Waals surface area contributed by atoms with E-state index < -0.39 is 21.9 Å². The molecule has 0 unspecified atom stereocenters. The number of hydrogen-bond acceptors (Lipinski definition) is 7. The summed E-state index contributed by atoms with van der Waals surface area (Å²) in [5.41, 5.74) is 1.27. The SMILES string of the molecule is CCCN(CCCCOc1ccc2ncnc(Nc3ccc(S(=O)(=O)c4ccccc4)cc3)c2c1)C(=O)C(F)(F)F. The summed E-state index contributed by atoms with van der Waals surface area (Å²) in [6.45, 7) is 2.02. The number of sulfone groups is 1. The maximum absolute atomic E-state index is 12.9. The van der Waals surface area contributed by atoms with Crippen LogP contribution >= 0.6 is 0 Å². The van der Waals surface area contributed by atoms with Gasteiger partial charge in [0.25, 0.3) is 0 Å². The fourth-order valence-corrected chi connectivity index (χ4v) is 5.46. The Hall–Kier alpha value is -4.19. The van der Waals surface area contributed by atoms with E-state index in [1.807, 2.05) is 0 Å². The second kappa shape index (κ2) is 13.0. The topological polar surface area (TPSA) is 101 Å². The van der Waals surface area contributed by atoms with Crippen LogP contribution in [0.2, 0.25) is 0 Å². The maximum Gasteiger partial charge on any atom is 0.471 e. The van der Waals surface area contributed by atoms with E-state index in [1.54, 1.807) is 67.6 Å². The molecule has 12 heteroatoms. The number of unbranched alkanes of at least 4 members (excludes halogenated alkanes) is 1. The first-order valence-electron chi connectivity index (χ1n) is 13.0. The first-order valence-corrected chi connectivity index (χ1v) is 14.5. The molecule has 1 amide bonds. The van der Waals surface area contributed by atoms with Gasteiger partial charge in [0.1, 0.15) is 17.9 Å². The van der Waals surface area contributed by atoms with Crippen molar-refractivity contribution in [3.8, 4) is 5.75 Å². The number of amides is 1. The number of aromatic nitrogens is 2. The molecule has 0 saturated carbocycles. The van der Waals surface area contributed by atoms with Gasteiger partial charge in [-0.25, -0.2) is 18.4 Å². The standard InChI is InChI=1S/C29H29F3N4O4S/c1-2-16-36(28(37)29(30,31)32)17-6-7-18-40-22-12-15-26-25(19-22)27(34-20-33-26)35-21-10-13-24(14-11-21)41(38,39)23-8-4-3-5-9-23/h3-5,8-15,19-20H,2,6-7,16-18H2,1H3,(H,33,34,35). The highest BCUT2D eigenvalue weighted by molar-refractivity contribution is 7.91. The molecule has 4 aromatic rings. The number of ether oxygens (including phenoxy) is 1. The summed E-state index contributed by atoms with van der Waals surface area (Å²) in [5.74, 6) is -0.807. The molecule has 0 bridgehead atoms. The highest BCUT2D eigenvalue weighted by atomic mass is 32.2. The molecule has 0 saturated heterocycles. The van der Waals surface area contributed by atoms with E-state index in [9.17, 15) is 26.4 Å². The third-order valence-corrected chi connectivity index (χ3v) is 7.99. The molecule has 0 fully saturated rings. The number of nitrogens with zero attached hydrogens (tertiary/aromatic N) is 3. The Morgan fingerprint density at radius 3 is 2.32 bits per heavy atom. The monoisotopic (exact) mass is 586 g/mol. The largest absolute Gasteiger partial charge is 0.494 e. The molecule has 0 atom stereocenters. The lowest BCUT2D eigenvalue weighted by atomic mass is 10.2. The van der Waals surface area contributed by atoms with Gasteiger partial charge in [0, 0.05) is 24.2 Å². The number of carbonyl (C=O) groups is 1. The molecule has 8 nitrogen and oxygen atoms in total. The van der Waals surface area contributed by atoms with Gasteiger partial charge in [0.2, 0.25) is 9.84 Å². The minimum atomic E-state index is -4.88. The molecule has 4 rings (SSSR count). The zero-order valence-corrected chi connectivity index (χ0v) is 23.1. The molecular formula is C29H29F3N4O4S. The van der Waals surface area contributed by atoms with Crippen LogP contribution in [0.3, 0.4) is 0 Å². The number of carbonyl (C=O) groups excluding carboxylic acids is 1. The summed E-state index contributed by atoms with van der Waals surface area (Å²) < 4.78 is 69.9. The van der Waals surface area contributed by atoms with Crippen molar-refractivity contribution in [2.45, 2.75) is 42.2 Å². The first kappa shape index (κ1) is 29.8. The molecule has 1 aromatic heterocycles. The predicted octanol–water partition coefficient (Wildman–Crippen LogP) is 6.17. The maximum atomic E-state index is 12.9. The number of anilines is 2. The van der Waals surface area contributed by atoms with E-state index in [2.05, 4.69) is 15.3 Å². The molecule has 0 spiro atoms. The van der Waals surface area contributed by atoms with Crippen LogP contribution in [0.15, 0.2) is 88.9 Å². The van der Waals surface area contributed by atoms with E-state index in [1.165, 1.54) is 18.5 Å². The summed E-state index contributed by atoms with van der Waals surface area (Å²) in [6, 6.07) is 19.8. The number of benzene rings is 3. The number of hydrogen-bond donors (Lipinski definition) is 1. The van der Waals surface area contributed by atoms with Gasteiger partial charge >= 0.3 is 12.1 Å². The molecule has 0 aliphatic carbocycles. The molecule has 3 aromatic carbocycles. The quantitative estimate of drug-likeness (QED) is 0.198. The second-order valence-electron chi connectivity index (χ2n) is 9.21. The minimum absolute atomic E-state index is 0.000606. The highest BCUT2D eigenvalue weighted by Crippen LogP contribution is 2.28. The van der Waals surface area contributed by atoms with Gasteiger partial charge in [-0.15, -0.1) is 0 Å². The van der Waals surface area contributed by atoms with Crippen LogP contribution in [0, 0.1) is 0 Å². The molecule has 216 valence electrons. The lowest BCUT2D eigenvalue weighted by Gasteiger charge is -2.23. The third-order valence-electron chi connectivity index (χ3n) is 6.20. The highest BCUT2D eigenvalue weighted by Gasteiger charge is 2.41. The molecule has 0 aliphatic heterocycles. The number of fused-ring (bicyclic) bond motifs is 1. The van der Waals surface area contributed by atoms with Crippen LogP contribution in [0.1, 0.15) is 26.2 Å². The summed E-state index contributed by atoms with van der Waals surface area (Å²) in [5, 5.41) is 3.85. The molecule has 1 N–H and O–H groups in total. The van der Waals surface area contributed by atoms with Gasteiger partial charge in [0.15, 0.2) is 0 Å². The number of nitrogens with one attached hydrogen (secondary N) is 1. The summed E-state index contributed by atoms with van der Waals surface area (Å²) in [6.07, 6.45) is -2.22. The van der Waals surface area contributed by atoms with Gasteiger partial charge < -0.3 is 15.0 Å². The Morgan fingerprint density at radius 1 is 0.927 bits per heavy atom. The Kier molecular flexibility index (Phi) is 9.43.